The second-order valence-corrected chi connectivity index (χ2v) is 5.84. The molecule has 0 aliphatic carbocycles. The summed E-state index contributed by atoms with van der Waals surface area (Å²) in [5.74, 6) is 1.65. The van der Waals surface area contributed by atoms with E-state index >= 15 is 0 Å². The molecular formula is C16H26BrNO. The van der Waals surface area contributed by atoms with Crippen LogP contribution < -0.4 is 10.1 Å². The first-order valence-electron chi connectivity index (χ1n) is 7.27. The van der Waals surface area contributed by atoms with Crippen molar-refractivity contribution in [3.63, 3.8) is 0 Å². The lowest BCUT2D eigenvalue weighted by atomic mass is 9.94. The van der Waals surface area contributed by atoms with Gasteiger partial charge >= 0.3 is 0 Å². The first-order valence-corrected chi connectivity index (χ1v) is 8.07. The lowest BCUT2D eigenvalue weighted by Crippen LogP contribution is -2.22. The Kier molecular flexibility index (Phi) is 7.47. The summed E-state index contributed by atoms with van der Waals surface area (Å²) in [6.07, 6.45) is 2.39. The molecule has 0 fully saturated rings. The largest absolute Gasteiger partial charge is 0.493 e. The molecular weight excluding hydrogens is 302 g/mol. The van der Waals surface area contributed by atoms with Crippen LogP contribution in [0.5, 0.6) is 5.75 Å². The highest BCUT2D eigenvalue weighted by molar-refractivity contribution is 9.10. The molecule has 0 saturated carbocycles. The average molecular weight is 328 g/mol. The van der Waals surface area contributed by atoms with Gasteiger partial charge in [-0.05, 0) is 59.4 Å². The molecule has 19 heavy (non-hydrogen) atoms. The predicted molar refractivity (Wildman–Crippen MR) is 85.8 cm³/mol. The van der Waals surface area contributed by atoms with Crippen molar-refractivity contribution >= 4 is 15.9 Å². The van der Waals surface area contributed by atoms with E-state index in [2.05, 4.69) is 60.2 Å². The third-order valence-corrected chi connectivity index (χ3v) is 4.06. The van der Waals surface area contributed by atoms with Crippen molar-refractivity contribution in [1.29, 1.82) is 0 Å². The van der Waals surface area contributed by atoms with Gasteiger partial charge in [0.15, 0.2) is 0 Å². The smallest absolute Gasteiger partial charge is 0.133 e. The minimum absolute atomic E-state index is 0.423. The van der Waals surface area contributed by atoms with Gasteiger partial charge in [-0.3, -0.25) is 0 Å². The molecule has 0 aliphatic heterocycles. The van der Waals surface area contributed by atoms with Gasteiger partial charge in [-0.25, -0.2) is 0 Å². The second kappa shape index (κ2) is 8.60. The summed E-state index contributed by atoms with van der Waals surface area (Å²) in [6, 6.07) is 6.84. The van der Waals surface area contributed by atoms with Crippen molar-refractivity contribution in [2.24, 2.45) is 5.92 Å². The van der Waals surface area contributed by atoms with E-state index in [0.717, 1.165) is 22.7 Å². The number of ether oxygens (including phenoxy) is 1. The van der Waals surface area contributed by atoms with Gasteiger partial charge in [-0.1, -0.05) is 33.3 Å². The number of nitrogens with one attached hydrogen (secondary N) is 1. The normalized spacial score (nSPS) is 14.2. The van der Waals surface area contributed by atoms with Crippen LogP contribution in [0.25, 0.3) is 0 Å². The van der Waals surface area contributed by atoms with Gasteiger partial charge in [0.1, 0.15) is 5.75 Å². The number of benzene rings is 1. The lowest BCUT2D eigenvalue weighted by Gasteiger charge is -2.22. The fourth-order valence-corrected chi connectivity index (χ4v) is 2.67. The van der Waals surface area contributed by atoms with Crippen LogP contribution in [-0.4, -0.2) is 13.2 Å². The van der Waals surface area contributed by atoms with Gasteiger partial charge in [-0.2, -0.15) is 0 Å². The molecule has 0 aromatic heterocycles. The highest BCUT2D eigenvalue weighted by Crippen LogP contribution is 2.31. The molecule has 3 heteroatoms. The van der Waals surface area contributed by atoms with Gasteiger partial charge in [0.25, 0.3) is 0 Å². The van der Waals surface area contributed by atoms with E-state index in [1.807, 2.05) is 6.92 Å². The summed E-state index contributed by atoms with van der Waals surface area (Å²) >= 11 is 3.60. The Morgan fingerprint density at radius 2 is 2.00 bits per heavy atom. The quantitative estimate of drug-likeness (QED) is 0.730. The van der Waals surface area contributed by atoms with Crippen molar-refractivity contribution < 1.29 is 4.74 Å². The van der Waals surface area contributed by atoms with Crippen LogP contribution in [0.2, 0.25) is 0 Å². The zero-order chi connectivity index (χ0) is 14.3. The van der Waals surface area contributed by atoms with E-state index in [1.165, 1.54) is 18.4 Å². The summed E-state index contributed by atoms with van der Waals surface area (Å²) in [6.45, 7) is 10.4. The highest BCUT2D eigenvalue weighted by Gasteiger charge is 2.15. The topological polar surface area (TPSA) is 21.3 Å². The van der Waals surface area contributed by atoms with Gasteiger partial charge in [0.05, 0.1) is 11.1 Å². The summed E-state index contributed by atoms with van der Waals surface area (Å²) in [5, 5.41) is 3.58. The van der Waals surface area contributed by atoms with E-state index in [1.54, 1.807) is 0 Å². The molecule has 1 aromatic carbocycles. The molecule has 1 rings (SSSR count). The maximum atomic E-state index is 5.57. The van der Waals surface area contributed by atoms with Gasteiger partial charge in [0, 0.05) is 6.04 Å². The lowest BCUT2D eigenvalue weighted by molar-refractivity contribution is 0.337. The second-order valence-electron chi connectivity index (χ2n) is 4.98. The molecule has 0 bridgehead atoms. The van der Waals surface area contributed by atoms with E-state index in [0.29, 0.717) is 12.6 Å². The number of rotatable bonds is 8. The average Bonchev–Trinajstić information content (AvgIpc) is 2.40. The molecule has 0 amide bonds. The number of halogens is 1. The van der Waals surface area contributed by atoms with Crippen molar-refractivity contribution in [2.45, 2.75) is 46.6 Å². The minimum atomic E-state index is 0.423. The minimum Gasteiger partial charge on any atom is -0.493 e. The highest BCUT2D eigenvalue weighted by atomic mass is 79.9. The van der Waals surface area contributed by atoms with E-state index < -0.39 is 0 Å². The molecule has 0 heterocycles. The Balaban J connectivity index is 2.86. The SMILES string of the molecule is CCNC(CC(C)CC)c1ccc(OCC)c(Br)c1. The molecule has 0 saturated heterocycles. The summed E-state index contributed by atoms with van der Waals surface area (Å²) in [4.78, 5) is 0. The Morgan fingerprint density at radius 1 is 1.26 bits per heavy atom. The third-order valence-electron chi connectivity index (χ3n) is 3.44. The van der Waals surface area contributed by atoms with Crippen molar-refractivity contribution in [1.82, 2.24) is 5.32 Å². The predicted octanol–water partition coefficient (Wildman–Crippen LogP) is 4.93. The van der Waals surface area contributed by atoms with Gasteiger partial charge in [0.2, 0.25) is 0 Å². The van der Waals surface area contributed by atoms with Gasteiger partial charge in [-0.15, -0.1) is 0 Å². The molecule has 2 nitrogen and oxygen atoms in total. The van der Waals surface area contributed by atoms with Crippen LogP contribution in [0.1, 0.15) is 52.1 Å². The van der Waals surface area contributed by atoms with Crippen LogP contribution in [0.15, 0.2) is 22.7 Å². The molecule has 2 unspecified atom stereocenters. The Morgan fingerprint density at radius 3 is 2.53 bits per heavy atom. The number of hydrogen-bond donors (Lipinski definition) is 1. The van der Waals surface area contributed by atoms with Crippen molar-refractivity contribution in [3.05, 3.63) is 28.2 Å². The van der Waals surface area contributed by atoms with Crippen molar-refractivity contribution in [2.75, 3.05) is 13.2 Å². The molecule has 0 radical (unpaired) electrons. The zero-order valence-corrected chi connectivity index (χ0v) is 14.1. The molecule has 1 aromatic rings. The van der Waals surface area contributed by atoms with E-state index in [-0.39, 0.29) is 0 Å². The maximum Gasteiger partial charge on any atom is 0.133 e. The molecule has 2 atom stereocenters. The number of hydrogen-bond acceptors (Lipinski definition) is 2. The molecule has 1 N–H and O–H groups in total. The van der Waals surface area contributed by atoms with E-state index in [4.69, 9.17) is 4.74 Å². The maximum absolute atomic E-state index is 5.57. The third kappa shape index (κ3) is 5.15. The van der Waals surface area contributed by atoms with Crippen molar-refractivity contribution in [3.8, 4) is 5.75 Å². The van der Waals surface area contributed by atoms with Crippen LogP contribution >= 0.6 is 15.9 Å². The van der Waals surface area contributed by atoms with E-state index in [9.17, 15) is 0 Å². The Hall–Kier alpha value is -0.540. The first kappa shape index (κ1) is 16.5. The summed E-state index contributed by atoms with van der Waals surface area (Å²) < 4.78 is 6.61. The Bertz CT molecular complexity index is 381. The van der Waals surface area contributed by atoms with Crippen LogP contribution in [0, 0.1) is 5.92 Å². The standard InChI is InChI=1S/C16H26BrNO/c1-5-12(4)10-15(18-6-2)13-8-9-16(19-7-3)14(17)11-13/h8-9,11-12,15,18H,5-7,10H2,1-4H3. The van der Waals surface area contributed by atoms with Gasteiger partial charge < -0.3 is 10.1 Å². The zero-order valence-electron chi connectivity index (χ0n) is 12.5. The monoisotopic (exact) mass is 327 g/mol. The fourth-order valence-electron chi connectivity index (χ4n) is 2.16. The first-order chi connectivity index (χ1) is 9.12. The molecule has 0 aliphatic rings. The Labute approximate surface area is 126 Å². The van der Waals surface area contributed by atoms with Crippen LogP contribution in [0.4, 0.5) is 0 Å². The van der Waals surface area contributed by atoms with Crippen LogP contribution in [-0.2, 0) is 0 Å². The summed E-state index contributed by atoms with van der Waals surface area (Å²) in [7, 11) is 0. The van der Waals surface area contributed by atoms with Crippen LogP contribution in [0.3, 0.4) is 0 Å². The summed E-state index contributed by atoms with van der Waals surface area (Å²) in [5.41, 5.74) is 1.33. The molecule has 0 spiro atoms. The molecule has 108 valence electrons. The fraction of sp³-hybridized carbons (Fsp3) is 0.625.